The van der Waals surface area contributed by atoms with Gasteiger partial charge >= 0.3 is 0 Å². The van der Waals surface area contributed by atoms with Gasteiger partial charge in [0, 0.05) is 39.8 Å². The van der Waals surface area contributed by atoms with Crippen molar-refractivity contribution in [2.75, 3.05) is 32.1 Å². The predicted molar refractivity (Wildman–Crippen MR) is 87.5 cm³/mol. The molecule has 0 unspecified atom stereocenters. The molecule has 1 rings (SSSR count). The first kappa shape index (κ1) is 17.4. The van der Waals surface area contributed by atoms with E-state index in [0.717, 1.165) is 24.5 Å². The summed E-state index contributed by atoms with van der Waals surface area (Å²) >= 11 is 0. The van der Waals surface area contributed by atoms with Crippen LogP contribution in [0, 0.1) is 12.8 Å². The molecule has 0 radical (unpaired) electrons. The number of nitrogens with zero attached hydrogens (tertiary/aromatic N) is 2. The first-order valence-corrected chi connectivity index (χ1v) is 7.52. The summed E-state index contributed by atoms with van der Waals surface area (Å²) in [7, 11) is 3.62. The number of aryl methyl sites for hydroxylation is 1. The van der Waals surface area contributed by atoms with Gasteiger partial charge in [0.25, 0.3) is 0 Å². The summed E-state index contributed by atoms with van der Waals surface area (Å²) < 4.78 is 0. The fourth-order valence-corrected chi connectivity index (χ4v) is 2.13. The zero-order valence-corrected chi connectivity index (χ0v) is 13.9. The van der Waals surface area contributed by atoms with E-state index < -0.39 is 0 Å². The van der Waals surface area contributed by atoms with Gasteiger partial charge in [-0.1, -0.05) is 13.8 Å². The molecule has 0 atom stereocenters. The van der Waals surface area contributed by atoms with Gasteiger partial charge in [-0.3, -0.25) is 4.79 Å². The molecule has 0 aliphatic heterocycles. The molecule has 0 saturated heterocycles. The molecule has 1 aromatic rings. The molecule has 0 aromatic carbocycles. The van der Waals surface area contributed by atoms with E-state index in [2.05, 4.69) is 42.5 Å². The third-order valence-corrected chi connectivity index (χ3v) is 3.30. The third kappa shape index (κ3) is 6.12. The number of anilines is 1. The van der Waals surface area contributed by atoms with E-state index in [1.807, 2.05) is 18.1 Å². The highest BCUT2D eigenvalue weighted by molar-refractivity contribution is 5.76. The van der Waals surface area contributed by atoms with Gasteiger partial charge in [0.05, 0.1) is 0 Å². The third-order valence-electron chi connectivity index (χ3n) is 3.30. The Morgan fingerprint density at radius 1 is 1.43 bits per heavy atom. The van der Waals surface area contributed by atoms with E-state index in [-0.39, 0.29) is 5.91 Å². The lowest BCUT2D eigenvalue weighted by Crippen LogP contribution is -2.27. The largest absolute Gasteiger partial charge is 0.359 e. The lowest BCUT2D eigenvalue weighted by Gasteiger charge is -2.20. The average molecular weight is 292 g/mol. The normalized spacial score (nSPS) is 10.8. The lowest BCUT2D eigenvalue weighted by atomic mass is 10.1. The number of pyridine rings is 1. The number of hydrogen-bond acceptors (Lipinski definition) is 4. The van der Waals surface area contributed by atoms with Gasteiger partial charge in [-0.05, 0) is 36.6 Å². The van der Waals surface area contributed by atoms with Crippen molar-refractivity contribution in [3.05, 3.63) is 23.4 Å². The molecule has 1 amide bonds. The van der Waals surface area contributed by atoms with Gasteiger partial charge in [0.1, 0.15) is 5.82 Å². The van der Waals surface area contributed by atoms with Crippen LogP contribution in [-0.4, -0.2) is 38.1 Å². The van der Waals surface area contributed by atoms with Gasteiger partial charge in [-0.15, -0.1) is 0 Å². The number of carbonyl (C=O) groups excluding carboxylic acids is 1. The summed E-state index contributed by atoms with van der Waals surface area (Å²) in [4.78, 5) is 17.9. The Hall–Kier alpha value is -1.62. The van der Waals surface area contributed by atoms with E-state index in [1.165, 1.54) is 5.56 Å². The van der Waals surface area contributed by atoms with E-state index in [9.17, 15) is 4.79 Å². The smallest absolute Gasteiger partial charge is 0.221 e. The summed E-state index contributed by atoms with van der Waals surface area (Å²) in [6.45, 7) is 8.96. The second kappa shape index (κ2) is 8.62. The fraction of sp³-hybridized carbons (Fsp3) is 0.625. The van der Waals surface area contributed by atoms with Crippen molar-refractivity contribution >= 4 is 11.7 Å². The van der Waals surface area contributed by atoms with Crippen LogP contribution >= 0.6 is 0 Å². The van der Waals surface area contributed by atoms with Gasteiger partial charge in [-0.2, -0.15) is 0 Å². The van der Waals surface area contributed by atoms with Crippen molar-refractivity contribution in [3.8, 4) is 0 Å². The number of rotatable bonds is 8. The molecule has 2 N–H and O–H groups in total. The van der Waals surface area contributed by atoms with Crippen LogP contribution in [0.2, 0.25) is 0 Å². The highest BCUT2D eigenvalue weighted by Gasteiger charge is 2.09. The molecule has 118 valence electrons. The van der Waals surface area contributed by atoms with E-state index >= 15 is 0 Å². The Morgan fingerprint density at radius 2 is 2.14 bits per heavy atom. The summed E-state index contributed by atoms with van der Waals surface area (Å²) in [5.41, 5.74) is 2.33. The molecule has 5 nitrogen and oxygen atoms in total. The van der Waals surface area contributed by atoms with Crippen LogP contribution in [0.3, 0.4) is 0 Å². The van der Waals surface area contributed by atoms with Gasteiger partial charge in [-0.25, -0.2) is 4.98 Å². The minimum Gasteiger partial charge on any atom is -0.359 e. The van der Waals surface area contributed by atoms with Crippen molar-refractivity contribution in [3.63, 3.8) is 0 Å². The number of carbonyl (C=O) groups is 1. The number of nitrogens with one attached hydrogen (secondary N) is 2. The molecule has 5 heteroatoms. The molecule has 21 heavy (non-hydrogen) atoms. The van der Waals surface area contributed by atoms with E-state index in [4.69, 9.17) is 0 Å². The first-order chi connectivity index (χ1) is 9.93. The summed E-state index contributed by atoms with van der Waals surface area (Å²) in [6, 6.07) is 2.16. The predicted octanol–water partition coefficient (Wildman–Crippen LogP) is 1.71. The number of amides is 1. The van der Waals surface area contributed by atoms with E-state index in [1.54, 1.807) is 7.05 Å². The molecule has 1 heterocycles. The zero-order valence-electron chi connectivity index (χ0n) is 13.9. The summed E-state index contributed by atoms with van der Waals surface area (Å²) in [6.07, 6.45) is 2.39. The van der Waals surface area contributed by atoms with Crippen LogP contribution in [0.1, 0.15) is 31.4 Å². The van der Waals surface area contributed by atoms with Crippen LogP contribution in [0.15, 0.2) is 12.3 Å². The molecule has 0 aliphatic rings. The monoisotopic (exact) mass is 292 g/mol. The molecule has 0 saturated carbocycles. The van der Waals surface area contributed by atoms with Crippen LogP contribution in [0.4, 0.5) is 5.82 Å². The summed E-state index contributed by atoms with van der Waals surface area (Å²) in [5, 5.41) is 6.05. The molecular formula is C16H28N4O. The maximum absolute atomic E-state index is 11.3. The van der Waals surface area contributed by atoms with Crippen molar-refractivity contribution in [2.24, 2.45) is 5.92 Å². The number of hydrogen-bond donors (Lipinski definition) is 2. The Labute approximate surface area is 128 Å². The highest BCUT2D eigenvalue weighted by atomic mass is 16.1. The molecule has 0 aliphatic carbocycles. The maximum atomic E-state index is 11.3. The maximum Gasteiger partial charge on any atom is 0.221 e. The molecule has 0 fully saturated rings. The van der Waals surface area contributed by atoms with E-state index in [0.29, 0.717) is 18.9 Å². The van der Waals surface area contributed by atoms with Gasteiger partial charge < -0.3 is 15.5 Å². The van der Waals surface area contributed by atoms with Gasteiger partial charge in [0.15, 0.2) is 0 Å². The molecular weight excluding hydrogens is 264 g/mol. The Bertz CT molecular complexity index is 460. The minimum atomic E-state index is 0.0500. The van der Waals surface area contributed by atoms with Crippen molar-refractivity contribution in [2.45, 2.75) is 33.7 Å². The zero-order chi connectivity index (χ0) is 15.8. The second-order valence-corrected chi connectivity index (χ2v) is 5.85. The molecule has 1 aromatic heterocycles. The van der Waals surface area contributed by atoms with Crippen LogP contribution in [0.5, 0.6) is 0 Å². The summed E-state index contributed by atoms with van der Waals surface area (Å²) in [5.74, 6) is 1.63. The van der Waals surface area contributed by atoms with Crippen molar-refractivity contribution in [1.29, 1.82) is 0 Å². The molecule has 0 bridgehead atoms. The van der Waals surface area contributed by atoms with Gasteiger partial charge in [0.2, 0.25) is 5.91 Å². The van der Waals surface area contributed by atoms with Crippen LogP contribution in [-0.2, 0) is 11.3 Å². The number of aromatic nitrogens is 1. The highest BCUT2D eigenvalue weighted by Crippen LogP contribution is 2.16. The first-order valence-electron chi connectivity index (χ1n) is 7.52. The SMILES string of the molecule is CNC(=O)CCN(C)c1ncc(CNCC(C)C)cc1C. The second-order valence-electron chi connectivity index (χ2n) is 5.85. The lowest BCUT2D eigenvalue weighted by molar-refractivity contribution is -0.120. The van der Waals surface area contributed by atoms with Crippen LogP contribution < -0.4 is 15.5 Å². The minimum absolute atomic E-state index is 0.0500. The Balaban J connectivity index is 2.58. The van der Waals surface area contributed by atoms with Crippen molar-refractivity contribution in [1.82, 2.24) is 15.6 Å². The van der Waals surface area contributed by atoms with Crippen LogP contribution in [0.25, 0.3) is 0 Å². The fourth-order valence-electron chi connectivity index (χ4n) is 2.13. The average Bonchev–Trinajstić information content (AvgIpc) is 2.44. The Morgan fingerprint density at radius 3 is 2.71 bits per heavy atom. The topological polar surface area (TPSA) is 57.3 Å². The standard InChI is InChI=1S/C16H28N4O/c1-12(2)9-18-10-14-8-13(3)16(19-11-14)20(5)7-6-15(21)17-4/h8,11-12,18H,6-7,9-10H2,1-5H3,(H,17,21). The molecule has 0 spiro atoms. The Kier molecular flexibility index (Phi) is 7.15. The van der Waals surface area contributed by atoms with Crippen molar-refractivity contribution < 1.29 is 4.79 Å². The quantitative estimate of drug-likeness (QED) is 0.766.